The molecule has 0 saturated carbocycles. The van der Waals surface area contributed by atoms with Gasteiger partial charge in [-0.15, -0.1) is 0 Å². The van der Waals surface area contributed by atoms with Crippen molar-refractivity contribution in [1.29, 1.82) is 0 Å². The van der Waals surface area contributed by atoms with Crippen molar-refractivity contribution in [2.24, 2.45) is 5.92 Å². The average molecular weight is 231 g/mol. The van der Waals surface area contributed by atoms with Crippen LogP contribution in [0.1, 0.15) is 13.3 Å². The Morgan fingerprint density at radius 2 is 2.42 bits per heavy atom. The summed E-state index contributed by atoms with van der Waals surface area (Å²) in [4.78, 5) is 11.2. The predicted octanol–water partition coefficient (Wildman–Crippen LogP) is 2.40. The summed E-state index contributed by atoms with van der Waals surface area (Å²) in [6.45, 7) is 1.94. The van der Waals surface area contributed by atoms with Crippen LogP contribution in [0.2, 0.25) is 0 Å². The number of methoxy groups -OCH3 is 1. The van der Waals surface area contributed by atoms with Crippen LogP contribution < -0.4 is 0 Å². The number of carbonyl (C=O) groups excluding carboxylic acids is 1. The lowest BCUT2D eigenvalue weighted by atomic mass is 9.93. The molecule has 0 saturated heterocycles. The summed E-state index contributed by atoms with van der Waals surface area (Å²) in [5, 5.41) is 0. The van der Waals surface area contributed by atoms with Gasteiger partial charge in [-0.05, 0) is 19.4 Å². The third-order valence-corrected chi connectivity index (χ3v) is 2.50. The summed E-state index contributed by atoms with van der Waals surface area (Å²) < 4.78 is 5.71. The molecule has 0 aliphatic heterocycles. The lowest BCUT2D eigenvalue weighted by Gasteiger charge is -2.16. The van der Waals surface area contributed by atoms with E-state index in [2.05, 4.69) is 20.7 Å². The van der Waals surface area contributed by atoms with Gasteiger partial charge in [0.25, 0.3) is 0 Å². The molecule has 1 rings (SSSR count). The number of halogens is 1. The molecule has 0 aromatic carbocycles. The maximum absolute atomic E-state index is 11.2. The first-order valence-corrected chi connectivity index (χ1v) is 4.56. The predicted molar refractivity (Wildman–Crippen MR) is 50.9 cm³/mol. The van der Waals surface area contributed by atoms with Gasteiger partial charge in [0.05, 0.1) is 13.0 Å². The first-order valence-electron chi connectivity index (χ1n) is 3.77. The van der Waals surface area contributed by atoms with Crippen LogP contribution in [0.15, 0.2) is 22.2 Å². The zero-order valence-electron chi connectivity index (χ0n) is 7.13. The van der Waals surface area contributed by atoms with Gasteiger partial charge in [0.1, 0.15) is 0 Å². The van der Waals surface area contributed by atoms with Gasteiger partial charge in [0, 0.05) is 4.48 Å². The molecule has 0 bridgehead atoms. The molecular formula is C9H11BrO2. The third-order valence-electron chi connectivity index (χ3n) is 1.95. The van der Waals surface area contributed by atoms with Crippen LogP contribution in [-0.4, -0.2) is 13.1 Å². The van der Waals surface area contributed by atoms with E-state index >= 15 is 0 Å². The molecule has 3 heteroatoms. The fourth-order valence-electron chi connectivity index (χ4n) is 1.22. The summed E-state index contributed by atoms with van der Waals surface area (Å²) in [6.07, 6.45) is 4.66. The van der Waals surface area contributed by atoms with Crippen molar-refractivity contribution in [3.8, 4) is 0 Å². The number of ether oxygens (including phenoxy) is 1. The highest BCUT2D eigenvalue weighted by atomic mass is 79.9. The zero-order chi connectivity index (χ0) is 9.14. The summed E-state index contributed by atoms with van der Waals surface area (Å²) >= 11 is 3.36. The topological polar surface area (TPSA) is 26.3 Å². The summed E-state index contributed by atoms with van der Waals surface area (Å²) in [5.41, 5.74) is 1.05. The van der Waals surface area contributed by atoms with E-state index in [-0.39, 0.29) is 11.9 Å². The monoisotopic (exact) mass is 230 g/mol. The number of allylic oxidation sites excluding steroid dienone is 3. The van der Waals surface area contributed by atoms with Gasteiger partial charge in [0.15, 0.2) is 0 Å². The van der Waals surface area contributed by atoms with Gasteiger partial charge in [-0.1, -0.05) is 27.6 Å². The molecule has 1 aliphatic rings. The maximum atomic E-state index is 11.2. The Balaban J connectivity index is 2.74. The van der Waals surface area contributed by atoms with E-state index in [1.54, 1.807) is 0 Å². The minimum absolute atomic E-state index is 0.0868. The molecule has 1 aliphatic carbocycles. The number of hydrogen-bond acceptors (Lipinski definition) is 2. The Hall–Kier alpha value is -0.570. The van der Waals surface area contributed by atoms with E-state index < -0.39 is 0 Å². The van der Waals surface area contributed by atoms with Gasteiger partial charge in [-0.3, -0.25) is 4.79 Å². The Morgan fingerprint density at radius 3 is 2.92 bits per heavy atom. The number of esters is 1. The lowest BCUT2D eigenvalue weighted by molar-refractivity contribution is -0.144. The van der Waals surface area contributed by atoms with Crippen LogP contribution in [0.4, 0.5) is 0 Å². The maximum Gasteiger partial charge on any atom is 0.313 e. The van der Waals surface area contributed by atoms with Crippen molar-refractivity contribution in [3.63, 3.8) is 0 Å². The molecule has 66 valence electrons. The smallest absolute Gasteiger partial charge is 0.313 e. The quantitative estimate of drug-likeness (QED) is 0.647. The summed E-state index contributed by atoms with van der Waals surface area (Å²) in [6, 6.07) is 0. The number of hydrogen-bond donors (Lipinski definition) is 0. The van der Waals surface area contributed by atoms with E-state index in [1.165, 1.54) is 7.11 Å². The standard InChI is InChI=1S/C9H11BrO2/c1-6-5-7(10)3-4-8(6)9(11)12-2/h3,5,8H,4H2,1-2H3. The minimum atomic E-state index is -0.153. The van der Waals surface area contributed by atoms with Crippen LogP contribution in [0.3, 0.4) is 0 Å². The van der Waals surface area contributed by atoms with Crippen molar-refractivity contribution in [2.45, 2.75) is 13.3 Å². The van der Waals surface area contributed by atoms with E-state index in [0.717, 1.165) is 16.5 Å². The third kappa shape index (κ3) is 1.97. The fourth-order valence-corrected chi connectivity index (χ4v) is 1.77. The first-order chi connectivity index (χ1) is 5.65. The normalized spacial score (nSPS) is 22.8. The summed E-state index contributed by atoms with van der Waals surface area (Å²) in [7, 11) is 1.42. The van der Waals surface area contributed by atoms with Crippen LogP contribution in [0.5, 0.6) is 0 Å². The highest BCUT2D eigenvalue weighted by Gasteiger charge is 2.22. The van der Waals surface area contributed by atoms with Crippen LogP contribution in [-0.2, 0) is 9.53 Å². The minimum Gasteiger partial charge on any atom is -0.469 e. The molecular weight excluding hydrogens is 220 g/mol. The Bertz CT molecular complexity index is 253. The second-order valence-electron chi connectivity index (χ2n) is 2.79. The average Bonchev–Trinajstić information content (AvgIpc) is 2.03. The van der Waals surface area contributed by atoms with Gasteiger partial charge in [-0.2, -0.15) is 0 Å². The fraction of sp³-hybridized carbons (Fsp3) is 0.444. The molecule has 0 radical (unpaired) electrons. The molecule has 0 fully saturated rings. The summed E-state index contributed by atoms with van der Waals surface area (Å²) in [5.74, 6) is -0.240. The van der Waals surface area contributed by atoms with Crippen molar-refractivity contribution >= 4 is 21.9 Å². The highest BCUT2D eigenvalue weighted by molar-refractivity contribution is 9.11. The van der Waals surface area contributed by atoms with E-state index in [9.17, 15) is 4.79 Å². The Kier molecular flexibility index (Phi) is 3.09. The van der Waals surface area contributed by atoms with Gasteiger partial charge >= 0.3 is 5.97 Å². The molecule has 0 N–H and O–H groups in total. The SMILES string of the molecule is COC(=O)C1CC=C(Br)C=C1C. The van der Waals surface area contributed by atoms with E-state index in [0.29, 0.717) is 0 Å². The molecule has 0 heterocycles. The van der Waals surface area contributed by atoms with Crippen LogP contribution in [0.25, 0.3) is 0 Å². The molecule has 1 atom stereocenters. The van der Waals surface area contributed by atoms with Gasteiger partial charge in [-0.25, -0.2) is 0 Å². The van der Waals surface area contributed by atoms with Crippen molar-refractivity contribution in [3.05, 3.63) is 22.2 Å². The van der Waals surface area contributed by atoms with Crippen molar-refractivity contribution in [2.75, 3.05) is 7.11 Å². The lowest BCUT2D eigenvalue weighted by Crippen LogP contribution is -2.18. The largest absolute Gasteiger partial charge is 0.469 e. The second-order valence-corrected chi connectivity index (χ2v) is 3.70. The van der Waals surface area contributed by atoms with Crippen molar-refractivity contribution < 1.29 is 9.53 Å². The van der Waals surface area contributed by atoms with E-state index in [4.69, 9.17) is 0 Å². The Labute approximate surface area is 80.4 Å². The molecule has 0 amide bonds. The van der Waals surface area contributed by atoms with Crippen LogP contribution >= 0.6 is 15.9 Å². The molecule has 0 aromatic heterocycles. The molecule has 0 spiro atoms. The van der Waals surface area contributed by atoms with Crippen molar-refractivity contribution in [1.82, 2.24) is 0 Å². The number of carbonyl (C=O) groups is 1. The molecule has 1 unspecified atom stereocenters. The first kappa shape index (κ1) is 9.52. The van der Waals surface area contributed by atoms with Crippen LogP contribution in [0, 0.1) is 5.92 Å². The molecule has 12 heavy (non-hydrogen) atoms. The highest BCUT2D eigenvalue weighted by Crippen LogP contribution is 2.26. The van der Waals surface area contributed by atoms with Gasteiger partial charge in [0.2, 0.25) is 0 Å². The van der Waals surface area contributed by atoms with E-state index in [1.807, 2.05) is 19.1 Å². The number of rotatable bonds is 1. The van der Waals surface area contributed by atoms with Gasteiger partial charge < -0.3 is 4.74 Å². The molecule has 0 aromatic rings. The second kappa shape index (κ2) is 3.90. The Morgan fingerprint density at radius 1 is 1.75 bits per heavy atom. The zero-order valence-corrected chi connectivity index (χ0v) is 8.72. The molecule has 2 nitrogen and oxygen atoms in total.